The van der Waals surface area contributed by atoms with Gasteiger partial charge in [-0.25, -0.2) is 0 Å². The number of nitrogen functional groups attached to an aromatic ring is 1. The summed E-state index contributed by atoms with van der Waals surface area (Å²) in [6, 6.07) is 6.08. The van der Waals surface area contributed by atoms with Gasteiger partial charge in [-0.2, -0.15) is 0 Å². The zero-order chi connectivity index (χ0) is 9.26. The Morgan fingerprint density at radius 3 is 2.54 bits per heavy atom. The minimum Gasteiger partial charge on any atom is -0.398 e. The topological polar surface area (TPSA) is 26.0 Å². The maximum atomic E-state index is 5.97. The lowest BCUT2D eigenvalue weighted by atomic mass is 9.96. The lowest BCUT2D eigenvalue weighted by molar-refractivity contribution is 0.722. The molecular weight excluding hydrogens is 226 g/mol. The Morgan fingerprint density at radius 2 is 1.92 bits per heavy atom. The van der Waals surface area contributed by atoms with Gasteiger partial charge >= 0.3 is 0 Å². The molecule has 0 unspecified atom stereocenters. The van der Waals surface area contributed by atoms with E-state index >= 15 is 0 Å². The normalized spacial score (nSPS) is 17.9. The summed E-state index contributed by atoms with van der Waals surface area (Å²) in [6.07, 6.45) is 5.30. The molecule has 2 heteroatoms. The lowest BCUT2D eigenvalue weighted by Gasteiger charge is -2.14. The smallest absolute Gasteiger partial charge is 0.0360 e. The van der Waals surface area contributed by atoms with E-state index in [-0.39, 0.29) is 0 Å². The number of nitrogens with two attached hydrogens (primary N) is 1. The second-order valence-corrected chi connectivity index (χ2v) is 4.58. The summed E-state index contributed by atoms with van der Waals surface area (Å²) in [4.78, 5) is 0. The first-order valence-corrected chi connectivity index (χ1v) is 5.62. The van der Waals surface area contributed by atoms with Crippen LogP contribution >= 0.6 is 15.9 Å². The number of anilines is 1. The molecule has 1 nitrogen and oxygen atoms in total. The predicted octanol–water partition coefficient (Wildman–Crippen LogP) is 3.69. The van der Waals surface area contributed by atoms with Crippen LogP contribution in [0.2, 0.25) is 0 Å². The molecule has 1 saturated carbocycles. The first kappa shape index (κ1) is 9.07. The Balaban J connectivity index is 2.37. The van der Waals surface area contributed by atoms with Crippen LogP contribution in [0.5, 0.6) is 0 Å². The van der Waals surface area contributed by atoms with E-state index in [0.717, 1.165) is 5.69 Å². The van der Waals surface area contributed by atoms with E-state index in [9.17, 15) is 0 Å². The van der Waals surface area contributed by atoms with Gasteiger partial charge in [0, 0.05) is 10.2 Å². The highest BCUT2D eigenvalue weighted by Crippen LogP contribution is 2.40. The Morgan fingerprint density at radius 1 is 1.23 bits per heavy atom. The first-order chi connectivity index (χ1) is 6.29. The molecule has 70 valence electrons. The van der Waals surface area contributed by atoms with Crippen molar-refractivity contribution in [2.24, 2.45) is 0 Å². The van der Waals surface area contributed by atoms with Crippen molar-refractivity contribution in [2.75, 3.05) is 5.73 Å². The zero-order valence-electron chi connectivity index (χ0n) is 7.59. The van der Waals surface area contributed by atoms with E-state index < -0.39 is 0 Å². The maximum absolute atomic E-state index is 5.97. The molecule has 0 radical (unpaired) electrons. The highest BCUT2D eigenvalue weighted by atomic mass is 79.9. The molecule has 0 aromatic heterocycles. The third-order valence-corrected chi connectivity index (χ3v) is 3.54. The molecule has 0 spiro atoms. The van der Waals surface area contributed by atoms with Crippen molar-refractivity contribution in [1.82, 2.24) is 0 Å². The van der Waals surface area contributed by atoms with Crippen LogP contribution < -0.4 is 5.73 Å². The largest absolute Gasteiger partial charge is 0.398 e. The summed E-state index contributed by atoms with van der Waals surface area (Å²) in [5.41, 5.74) is 8.25. The van der Waals surface area contributed by atoms with Crippen LogP contribution in [-0.2, 0) is 0 Å². The Hall–Kier alpha value is -0.500. The second-order valence-electron chi connectivity index (χ2n) is 3.72. The first-order valence-electron chi connectivity index (χ1n) is 4.83. The summed E-state index contributed by atoms with van der Waals surface area (Å²) >= 11 is 3.58. The molecule has 1 aromatic rings. The van der Waals surface area contributed by atoms with E-state index in [2.05, 4.69) is 22.0 Å². The average molecular weight is 240 g/mol. The molecular formula is C11H14BrN. The van der Waals surface area contributed by atoms with Crippen molar-refractivity contribution in [1.29, 1.82) is 0 Å². The van der Waals surface area contributed by atoms with Crippen molar-refractivity contribution < 1.29 is 0 Å². The van der Waals surface area contributed by atoms with Gasteiger partial charge in [0.2, 0.25) is 0 Å². The van der Waals surface area contributed by atoms with Gasteiger partial charge in [0.15, 0.2) is 0 Å². The molecule has 13 heavy (non-hydrogen) atoms. The van der Waals surface area contributed by atoms with E-state index in [0.29, 0.717) is 5.92 Å². The molecule has 0 aliphatic heterocycles. The molecule has 2 N–H and O–H groups in total. The number of rotatable bonds is 1. The summed E-state index contributed by atoms with van der Waals surface area (Å²) in [7, 11) is 0. The zero-order valence-corrected chi connectivity index (χ0v) is 9.18. The van der Waals surface area contributed by atoms with Crippen LogP contribution in [-0.4, -0.2) is 0 Å². The third kappa shape index (κ3) is 1.73. The number of hydrogen-bond donors (Lipinski definition) is 1. The molecule has 0 saturated heterocycles. The molecule has 0 amide bonds. The van der Waals surface area contributed by atoms with E-state index in [1.165, 1.54) is 35.7 Å². The minimum atomic E-state index is 0.690. The van der Waals surface area contributed by atoms with Gasteiger partial charge in [0.05, 0.1) is 0 Å². The average Bonchev–Trinajstić information content (AvgIpc) is 2.57. The van der Waals surface area contributed by atoms with Crippen LogP contribution in [0.25, 0.3) is 0 Å². The summed E-state index contributed by atoms with van der Waals surface area (Å²) < 4.78 is 1.18. The fraction of sp³-hybridized carbons (Fsp3) is 0.455. The monoisotopic (exact) mass is 239 g/mol. The van der Waals surface area contributed by atoms with Crippen molar-refractivity contribution in [3.63, 3.8) is 0 Å². The van der Waals surface area contributed by atoms with Crippen molar-refractivity contribution in [3.8, 4) is 0 Å². The minimum absolute atomic E-state index is 0.690. The molecule has 2 rings (SSSR count). The number of benzene rings is 1. The van der Waals surface area contributed by atoms with Gasteiger partial charge in [-0.3, -0.25) is 0 Å². The van der Waals surface area contributed by atoms with Crippen LogP contribution in [0, 0.1) is 0 Å². The van der Waals surface area contributed by atoms with E-state index in [1.807, 2.05) is 12.1 Å². The molecule has 1 aromatic carbocycles. The van der Waals surface area contributed by atoms with Crippen LogP contribution in [0.3, 0.4) is 0 Å². The van der Waals surface area contributed by atoms with E-state index in [4.69, 9.17) is 5.73 Å². The summed E-state index contributed by atoms with van der Waals surface area (Å²) in [5.74, 6) is 0.690. The van der Waals surface area contributed by atoms with Gasteiger partial charge in [-0.15, -0.1) is 0 Å². The second kappa shape index (κ2) is 3.70. The maximum Gasteiger partial charge on any atom is 0.0360 e. The number of hydrogen-bond acceptors (Lipinski definition) is 1. The SMILES string of the molecule is Nc1cccc(Br)c1C1CCCC1. The molecule has 1 aliphatic carbocycles. The molecule has 1 aliphatic rings. The quantitative estimate of drug-likeness (QED) is 0.744. The Kier molecular flexibility index (Phi) is 2.58. The van der Waals surface area contributed by atoms with Crippen LogP contribution in [0.15, 0.2) is 22.7 Å². The highest BCUT2D eigenvalue weighted by Gasteiger charge is 2.20. The predicted molar refractivity (Wildman–Crippen MR) is 59.8 cm³/mol. The van der Waals surface area contributed by atoms with Crippen molar-refractivity contribution in [3.05, 3.63) is 28.2 Å². The van der Waals surface area contributed by atoms with Crippen molar-refractivity contribution >= 4 is 21.6 Å². The molecule has 0 heterocycles. The summed E-state index contributed by atoms with van der Waals surface area (Å²) in [6.45, 7) is 0. The van der Waals surface area contributed by atoms with Crippen LogP contribution in [0.4, 0.5) is 5.69 Å². The van der Waals surface area contributed by atoms with E-state index in [1.54, 1.807) is 0 Å². The van der Waals surface area contributed by atoms with Gasteiger partial charge in [0.25, 0.3) is 0 Å². The van der Waals surface area contributed by atoms with Gasteiger partial charge in [-0.05, 0) is 36.5 Å². The lowest BCUT2D eigenvalue weighted by Crippen LogP contribution is -1.99. The van der Waals surface area contributed by atoms with Gasteiger partial charge in [0.1, 0.15) is 0 Å². The highest BCUT2D eigenvalue weighted by molar-refractivity contribution is 9.10. The van der Waals surface area contributed by atoms with Crippen LogP contribution in [0.1, 0.15) is 37.2 Å². The van der Waals surface area contributed by atoms with Gasteiger partial charge in [-0.1, -0.05) is 34.8 Å². The van der Waals surface area contributed by atoms with Crippen molar-refractivity contribution in [2.45, 2.75) is 31.6 Å². The standard InChI is InChI=1S/C11H14BrN/c12-9-6-3-7-10(13)11(9)8-4-1-2-5-8/h3,6-8H,1-2,4-5,13H2. The van der Waals surface area contributed by atoms with Gasteiger partial charge < -0.3 is 5.73 Å². The summed E-state index contributed by atoms with van der Waals surface area (Å²) in [5, 5.41) is 0. The molecule has 0 atom stereocenters. The Bertz CT molecular complexity index is 283. The Labute approximate surface area is 87.5 Å². The fourth-order valence-electron chi connectivity index (χ4n) is 2.20. The fourth-order valence-corrected chi connectivity index (χ4v) is 2.90. The number of halogens is 1. The molecule has 0 bridgehead atoms. The molecule has 1 fully saturated rings. The third-order valence-electron chi connectivity index (χ3n) is 2.85.